The van der Waals surface area contributed by atoms with Gasteiger partial charge in [0.05, 0.1) is 12.2 Å². The molecule has 0 N–H and O–H groups in total. The lowest BCUT2D eigenvalue weighted by atomic mass is 9.85. The van der Waals surface area contributed by atoms with E-state index in [0.717, 1.165) is 31.4 Å². The van der Waals surface area contributed by atoms with Crippen LogP contribution in [0.2, 0.25) is 0 Å². The van der Waals surface area contributed by atoms with Gasteiger partial charge in [0.25, 0.3) is 0 Å². The second kappa shape index (κ2) is 8.19. The molecule has 2 saturated heterocycles. The minimum absolute atomic E-state index is 0.00111. The first kappa shape index (κ1) is 20.5. The number of alkyl halides is 3. The van der Waals surface area contributed by atoms with Gasteiger partial charge in [-0.1, -0.05) is 6.07 Å². The van der Waals surface area contributed by atoms with Gasteiger partial charge in [0.1, 0.15) is 5.78 Å². The first-order chi connectivity index (χ1) is 13.8. The molecule has 0 radical (unpaired) electrons. The van der Waals surface area contributed by atoms with E-state index in [1.807, 2.05) is 0 Å². The second-order valence-corrected chi connectivity index (χ2v) is 8.47. The van der Waals surface area contributed by atoms with Crippen LogP contribution in [0.4, 0.5) is 13.2 Å². The summed E-state index contributed by atoms with van der Waals surface area (Å²) in [6.07, 6.45) is -0.573. The first-order valence-corrected chi connectivity index (χ1v) is 10.4. The standard InChI is InChI=1S/C22H26F3NO3/c23-22(24,25)16-3-4-18(19(12-16)14-1-2-14)21(28)11-15-13-29-10-7-20(15)26-8-5-17(27)6-9-26/h3-4,12,14-15,20H,1-2,5-11,13H2/t15-,20-/m1/s1. The molecular formula is C22H26F3NO3. The average molecular weight is 409 g/mol. The summed E-state index contributed by atoms with van der Waals surface area (Å²) in [4.78, 5) is 26.9. The highest BCUT2D eigenvalue weighted by Gasteiger charge is 2.37. The lowest BCUT2D eigenvalue weighted by Crippen LogP contribution is -2.49. The minimum Gasteiger partial charge on any atom is -0.381 e. The van der Waals surface area contributed by atoms with E-state index in [0.29, 0.717) is 50.3 Å². The highest BCUT2D eigenvalue weighted by atomic mass is 19.4. The molecule has 7 heteroatoms. The molecule has 0 amide bonds. The smallest absolute Gasteiger partial charge is 0.381 e. The van der Waals surface area contributed by atoms with E-state index in [1.54, 1.807) is 0 Å². The Morgan fingerprint density at radius 2 is 1.86 bits per heavy atom. The van der Waals surface area contributed by atoms with Crippen molar-refractivity contribution in [1.29, 1.82) is 0 Å². The van der Waals surface area contributed by atoms with E-state index in [2.05, 4.69) is 4.90 Å². The number of Topliss-reactive ketones (excluding diaryl/α,β-unsaturated/α-hetero) is 2. The number of carbonyl (C=O) groups excluding carboxylic acids is 2. The van der Waals surface area contributed by atoms with E-state index in [1.165, 1.54) is 6.07 Å². The zero-order valence-electron chi connectivity index (χ0n) is 16.3. The maximum Gasteiger partial charge on any atom is 0.416 e. The minimum atomic E-state index is -4.40. The number of likely N-dealkylation sites (tertiary alicyclic amines) is 1. The van der Waals surface area contributed by atoms with Crippen molar-refractivity contribution >= 4 is 11.6 Å². The molecule has 29 heavy (non-hydrogen) atoms. The number of rotatable bonds is 5. The van der Waals surface area contributed by atoms with Gasteiger partial charge >= 0.3 is 6.18 Å². The molecule has 2 aliphatic heterocycles. The predicted octanol–water partition coefficient (Wildman–Crippen LogP) is 4.23. The molecule has 0 unspecified atom stereocenters. The average Bonchev–Trinajstić information content (AvgIpc) is 3.53. The van der Waals surface area contributed by atoms with Crippen molar-refractivity contribution in [3.63, 3.8) is 0 Å². The van der Waals surface area contributed by atoms with Gasteiger partial charge in [0, 0.05) is 56.5 Å². The van der Waals surface area contributed by atoms with Crippen molar-refractivity contribution in [2.75, 3.05) is 26.3 Å². The van der Waals surface area contributed by atoms with Crippen molar-refractivity contribution in [1.82, 2.24) is 4.90 Å². The van der Waals surface area contributed by atoms with E-state index in [-0.39, 0.29) is 35.9 Å². The maximum absolute atomic E-state index is 13.1. The molecule has 158 valence electrons. The van der Waals surface area contributed by atoms with Gasteiger partial charge in [-0.3, -0.25) is 14.5 Å². The van der Waals surface area contributed by atoms with Crippen molar-refractivity contribution in [3.05, 3.63) is 34.9 Å². The zero-order chi connectivity index (χ0) is 20.6. The summed E-state index contributed by atoms with van der Waals surface area (Å²) in [6, 6.07) is 3.72. The fraction of sp³-hybridized carbons (Fsp3) is 0.636. The molecule has 4 rings (SSSR count). The van der Waals surface area contributed by atoms with Crippen LogP contribution in [-0.2, 0) is 15.7 Å². The quantitative estimate of drug-likeness (QED) is 0.683. The van der Waals surface area contributed by atoms with Crippen LogP contribution in [0, 0.1) is 5.92 Å². The normalized spacial score (nSPS) is 26.5. The van der Waals surface area contributed by atoms with Crippen LogP contribution < -0.4 is 0 Å². The van der Waals surface area contributed by atoms with Gasteiger partial charge in [0.15, 0.2) is 5.78 Å². The summed E-state index contributed by atoms with van der Waals surface area (Å²) in [7, 11) is 0. The summed E-state index contributed by atoms with van der Waals surface area (Å²) >= 11 is 0. The summed E-state index contributed by atoms with van der Waals surface area (Å²) in [5.74, 6) is 0.232. The Hall–Kier alpha value is -1.73. The number of piperidine rings is 1. The highest BCUT2D eigenvalue weighted by molar-refractivity contribution is 5.98. The van der Waals surface area contributed by atoms with Crippen LogP contribution in [0.1, 0.15) is 65.9 Å². The van der Waals surface area contributed by atoms with Gasteiger partial charge in [-0.2, -0.15) is 13.2 Å². The first-order valence-electron chi connectivity index (χ1n) is 10.4. The molecule has 0 spiro atoms. The molecule has 2 heterocycles. The third kappa shape index (κ3) is 4.72. The molecule has 1 aromatic rings. The molecule has 0 bridgehead atoms. The monoisotopic (exact) mass is 409 g/mol. The molecule has 3 aliphatic rings. The Bertz CT molecular complexity index is 778. The Kier molecular flexibility index (Phi) is 5.80. The molecule has 1 aliphatic carbocycles. The lowest BCUT2D eigenvalue weighted by molar-refractivity contribution is -0.137. The number of hydrogen-bond acceptors (Lipinski definition) is 4. The number of benzene rings is 1. The Balaban J connectivity index is 1.51. The zero-order valence-corrected chi connectivity index (χ0v) is 16.3. The number of nitrogens with zero attached hydrogens (tertiary/aromatic N) is 1. The summed E-state index contributed by atoms with van der Waals surface area (Å²) in [5.41, 5.74) is 0.285. The van der Waals surface area contributed by atoms with Crippen molar-refractivity contribution in [2.45, 2.75) is 56.7 Å². The molecule has 3 fully saturated rings. The number of hydrogen-bond donors (Lipinski definition) is 0. The predicted molar refractivity (Wildman–Crippen MR) is 101 cm³/mol. The summed E-state index contributed by atoms with van der Waals surface area (Å²) in [5, 5.41) is 0. The maximum atomic E-state index is 13.1. The summed E-state index contributed by atoms with van der Waals surface area (Å²) < 4.78 is 45.0. The Morgan fingerprint density at radius 3 is 2.52 bits per heavy atom. The van der Waals surface area contributed by atoms with Gasteiger partial charge < -0.3 is 4.74 Å². The number of ether oxygens (including phenoxy) is 1. The molecule has 4 nitrogen and oxygen atoms in total. The lowest BCUT2D eigenvalue weighted by Gasteiger charge is -2.41. The van der Waals surface area contributed by atoms with Gasteiger partial charge in [-0.15, -0.1) is 0 Å². The van der Waals surface area contributed by atoms with Crippen LogP contribution in [0.3, 0.4) is 0 Å². The molecule has 1 saturated carbocycles. The third-order valence-corrected chi connectivity index (χ3v) is 6.40. The molecule has 1 aromatic carbocycles. The van der Waals surface area contributed by atoms with Crippen LogP contribution >= 0.6 is 0 Å². The summed E-state index contributed by atoms with van der Waals surface area (Å²) in [6.45, 7) is 2.53. The molecular weight excluding hydrogens is 383 g/mol. The van der Waals surface area contributed by atoms with Crippen molar-refractivity contribution in [3.8, 4) is 0 Å². The van der Waals surface area contributed by atoms with Crippen LogP contribution in [0.15, 0.2) is 18.2 Å². The van der Waals surface area contributed by atoms with Crippen molar-refractivity contribution < 1.29 is 27.5 Å². The van der Waals surface area contributed by atoms with Crippen molar-refractivity contribution in [2.24, 2.45) is 5.92 Å². The second-order valence-electron chi connectivity index (χ2n) is 8.47. The molecule has 0 aromatic heterocycles. The fourth-order valence-corrected chi connectivity index (χ4v) is 4.64. The van der Waals surface area contributed by atoms with Gasteiger partial charge in [-0.05, 0) is 42.9 Å². The topological polar surface area (TPSA) is 46.6 Å². The van der Waals surface area contributed by atoms with Crippen LogP contribution in [0.5, 0.6) is 0 Å². The van der Waals surface area contributed by atoms with E-state index in [9.17, 15) is 22.8 Å². The van der Waals surface area contributed by atoms with Crippen LogP contribution in [0.25, 0.3) is 0 Å². The largest absolute Gasteiger partial charge is 0.416 e. The number of halogens is 3. The van der Waals surface area contributed by atoms with Gasteiger partial charge in [-0.25, -0.2) is 0 Å². The third-order valence-electron chi connectivity index (χ3n) is 6.40. The van der Waals surface area contributed by atoms with Gasteiger partial charge in [0.2, 0.25) is 0 Å². The number of ketones is 2. The Labute approximate surface area is 168 Å². The van der Waals surface area contributed by atoms with Crippen LogP contribution in [-0.4, -0.2) is 48.8 Å². The molecule has 2 atom stereocenters. The van der Waals surface area contributed by atoms with E-state index < -0.39 is 11.7 Å². The Morgan fingerprint density at radius 1 is 1.14 bits per heavy atom. The highest BCUT2D eigenvalue weighted by Crippen LogP contribution is 2.44. The fourth-order valence-electron chi connectivity index (χ4n) is 4.64. The van der Waals surface area contributed by atoms with E-state index in [4.69, 9.17) is 4.74 Å². The van der Waals surface area contributed by atoms with E-state index >= 15 is 0 Å². The SMILES string of the molecule is O=C1CCN([C@@H]2CCOC[C@H]2CC(=O)c2ccc(C(F)(F)F)cc2C2CC2)CC1. The number of carbonyl (C=O) groups is 2.